The number of aliphatic hydroxyl groups excluding tert-OH is 1. The van der Waals surface area contributed by atoms with Crippen molar-refractivity contribution in [1.29, 1.82) is 0 Å². The predicted octanol–water partition coefficient (Wildman–Crippen LogP) is 5.69. The van der Waals surface area contributed by atoms with Crippen LogP contribution in [0.1, 0.15) is 129 Å². The van der Waals surface area contributed by atoms with Crippen LogP contribution in [0.3, 0.4) is 0 Å². The first-order chi connectivity index (χ1) is 19.3. The van der Waals surface area contributed by atoms with Gasteiger partial charge in [0.25, 0.3) is 0 Å². The van der Waals surface area contributed by atoms with Crippen molar-refractivity contribution < 1.29 is 38.4 Å². The van der Waals surface area contributed by atoms with Crippen LogP contribution < -0.4 is 0 Å². The first-order valence-corrected chi connectivity index (χ1v) is 15.8. The molecule has 1 rings (SSSR count). The summed E-state index contributed by atoms with van der Waals surface area (Å²) in [4.78, 5) is 39.4. The van der Waals surface area contributed by atoms with Crippen molar-refractivity contribution in [2.24, 2.45) is 0 Å². The molecule has 1 unspecified atom stereocenters. The molecule has 1 N–H and O–H groups in total. The number of unbranched alkanes of at least 4 members (excludes halogenated alkanes) is 12. The van der Waals surface area contributed by atoms with Gasteiger partial charge in [0.15, 0.2) is 18.5 Å². The molecule has 0 aromatic rings. The third kappa shape index (κ3) is 17.2. The first-order valence-electron chi connectivity index (χ1n) is 15.8. The second-order valence-corrected chi connectivity index (χ2v) is 11.3. The zero-order valence-electron chi connectivity index (χ0n) is 25.7. The molecule has 9 nitrogen and oxygen atoms in total. The Bertz CT molecular complexity index is 686. The van der Waals surface area contributed by atoms with Gasteiger partial charge in [-0.3, -0.25) is 14.4 Å². The summed E-state index contributed by atoms with van der Waals surface area (Å²) < 4.78 is 22.2. The lowest BCUT2D eigenvalue weighted by Crippen LogP contribution is -2.42. The fraction of sp³-hybridized carbons (Fsp3) is 0.903. The molecular formula is C31H57NO8. The van der Waals surface area contributed by atoms with Crippen molar-refractivity contribution in [1.82, 2.24) is 4.90 Å². The molecular weight excluding hydrogens is 514 g/mol. The number of aliphatic hydroxyl groups is 1. The Morgan fingerprint density at radius 3 is 1.60 bits per heavy atom. The molecule has 40 heavy (non-hydrogen) atoms. The maximum atomic E-state index is 12.7. The second-order valence-electron chi connectivity index (χ2n) is 11.3. The summed E-state index contributed by atoms with van der Waals surface area (Å²) in [6.07, 6.45) is 11.8. The highest BCUT2D eigenvalue weighted by atomic mass is 16.7. The van der Waals surface area contributed by atoms with Gasteiger partial charge in [-0.2, -0.15) is 0 Å². The lowest BCUT2D eigenvalue weighted by Gasteiger charge is -2.23. The van der Waals surface area contributed by atoms with E-state index in [1.165, 1.54) is 38.5 Å². The smallest absolute Gasteiger partial charge is 0.306 e. The first kappa shape index (κ1) is 36.3. The van der Waals surface area contributed by atoms with Gasteiger partial charge in [0, 0.05) is 19.3 Å². The molecule has 0 bridgehead atoms. The van der Waals surface area contributed by atoms with Gasteiger partial charge in [0.2, 0.25) is 0 Å². The molecule has 1 heterocycles. The number of carbonyl (C=O) groups excluding carboxylic acids is 3. The maximum absolute atomic E-state index is 12.7. The number of hydrogen-bond donors (Lipinski definition) is 1. The third-order valence-electron chi connectivity index (χ3n) is 7.18. The van der Waals surface area contributed by atoms with E-state index in [2.05, 4.69) is 13.8 Å². The minimum atomic E-state index is -1.47. The van der Waals surface area contributed by atoms with Crippen LogP contribution in [0, 0.1) is 0 Å². The molecule has 1 aliphatic heterocycles. The van der Waals surface area contributed by atoms with E-state index in [-0.39, 0.29) is 25.9 Å². The van der Waals surface area contributed by atoms with E-state index >= 15 is 0 Å². The number of carbonyl (C=O) groups is 3. The highest BCUT2D eigenvalue weighted by Gasteiger charge is 2.49. The zero-order chi connectivity index (χ0) is 29.6. The summed E-state index contributed by atoms with van der Waals surface area (Å²) in [6.45, 7) is 4.92. The molecule has 1 saturated heterocycles. The van der Waals surface area contributed by atoms with Crippen molar-refractivity contribution >= 4 is 17.9 Å². The van der Waals surface area contributed by atoms with E-state index in [0.29, 0.717) is 19.3 Å². The monoisotopic (exact) mass is 571 g/mol. The van der Waals surface area contributed by atoms with E-state index in [0.717, 1.165) is 45.1 Å². The summed E-state index contributed by atoms with van der Waals surface area (Å²) in [5, 5.41) is 10.5. The van der Waals surface area contributed by atoms with Crippen molar-refractivity contribution in [3.05, 3.63) is 0 Å². The molecule has 0 amide bonds. The quantitative estimate of drug-likeness (QED) is 0.0886. The largest absolute Gasteiger partial charge is 0.463 e. The Morgan fingerprint density at radius 2 is 1.10 bits per heavy atom. The van der Waals surface area contributed by atoms with Crippen molar-refractivity contribution in [3.8, 4) is 0 Å². The van der Waals surface area contributed by atoms with Crippen LogP contribution in [0.5, 0.6) is 0 Å². The number of rotatable bonds is 24. The standard InChI is InChI=1S/C31H57NO8/c1-5-7-9-11-13-15-17-20-27(34)39-29-25(24-37-26(33)22-19-23-32(3)4)38-31(36)30(29)40-28(35)21-18-16-14-12-10-8-6-2/h25,29-31,36H,5-24H2,1-4H3/t25-,29+,30?,31-/m1/s1. The summed E-state index contributed by atoms with van der Waals surface area (Å²) >= 11 is 0. The average molecular weight is 572 g/mol. The summed E-state index contributed by atoms with van der Waals surface area (Å²) in [5.41, 5.74) is 0. The maximum Gasteiger partial charge on any atom is 0.306 e. The molecule has 9 heteroatoms. The Morgan fingerprint density at radius 1 is 0.650 bits per heavy atom. The minimum Gasteiger partial charge on any atom is -0.463 e. The van der Waals surface area contributed by atoms with Crippen LogP contribution in [0.4, 0.5) is 0 Å². The van der Waals surface area contributed by atoms with Gasteiger partial charge in [-0.1, -0.05) is 90.9 Å². The molecule has 4 atom stereocenters. The van der Waals surface area contributed by atoms with E-state index in [9.17, 15) is 19.5 Å². The van der Waals surface area contributed by atoms with Gasteiger partial charge in [0.05, 0.1) is 0 Å². The normalized spacial score (nSPS) is 20.6. The fourth-order valence-electron chi connectivity index (χ4n) is 4.77. The predicted molar refractivity (Wildman–Crippen MR) is 155 cm³/mol. The lowest BCUT2D eigenvalue weighted by atomic mass is 10.1. The van der Waals surface area contributed by atoms with Gasteiger partial charge in [-0.05, 0) is 39.9 Å². The molecule has 0 aromatic carbocycles. The number of ether oxygens (including phenoxy) is 4. The molecule has 234 valence electrons. The van der Waals surface area contributed by atoms with Gasteiger partial charge in [-0.25, -0.2) is 0 Å². The number of nitrogens with zero attached hydrogens (tertiary/aromatic N) is 1. The average Bonchev–Trinajstić information content (AvgIpc) is 3.19. The Kier molecular flexibility index (Phi) is 20.8. The lowest BCUT2D eigenvalue weighted by molar-refractivity contribution is -0.177. The Labute approximate surface area is 242 Å². The summed E-state index contributed by atoms with van der Waals surface area (Å²) in [7, 11) is 3.86. The van der Waals surface area contributed by atoms with Gasteiger partial charge in [-0.15, -0.1) is 0 Å². The van der Waals surface area contributed by atoms with E-state index < -0.39 is 42.5 Å². The second kappa shape index (κ2) is 22.9. The SMILES string of the molecule is CCCCCCCCCC(=O)OC1[C@H](O)O[C@H](COC(=O)CCCN(C)C)[C@@H]1OC(=O)CCCCCCCCC. The molecule has 0 aromatic heterocycles. The van der Waals surface area contributed by atoms with Crippen molar-refractivity contribution in [3.63, 3.8) is 0 Å². The van der Waals surface area contributed by atoms with Gasteiger partial charge in [0.1, 0.15) is 12.7 Å². The van der Waals surface area contributed by atoms with Gasteiger partial charge >= 0.3 is 17.9 Å². The zero-order valence-corrected chi connectivity index (χ0v) is 25.7. The van der Waals surface area contributed by atoms with Crippen LogP contribution in [-0.2, 0) is 33.3 Å². The molecule has 0 spiro atoms. The highest BCUT2D eigenvalue weighted by molar-refractivity contribution is 5.71. The molecule has 0 saturated carbocycles. The molecule has 1 aliphatic rings. The topological polar surface area (TPSA) is 112 Å². The van der Waals surface area contributed by atoms with E-state index in [1.54, 1.807) is 0 Å². The number of esters is 3. The van der Waals surface area contributed by atoms with Crippen LogP contribution in [0.15, 0.2) is 0 Å². The minimum absolute atomic E-state index is 0.195. The number of hydrogen-bond acceptors (Lipinski definition) is 9. The Balaban J connectivity index is 2.61. The third-order valence-corrected chi connectivity index (χ3v) is 7.18. The fourth-order valence-corrected chi connectivity index (χ4v) is 4.77. The van der Waals surface area contributed by atoms with E-state index in [1.807, 2.05) is 19.0 Å². The van der Waals surface area contributed by atoms with Gasteiger partial charge < -0.3 is 29.0 Å². The van der Waals surface area contributed by atoms with Crippen molar-refractivity contribution in [2.45, 2.75) is 154 Å². The molecule has 1 fully saturated rings. The van der Waals surface area contributed by atoms with Crippen LogP contribution in [-0.4, -0.2) is 79.8 Å². The van der Waals surface area contributed by atoms with Crippen molar-refractivity contribution in [2.75, 3.05) is 27.2 Å². The molecule has 0 radical (unpaired) electrons. The summed E-state index contributed by atoms with van der Waals surface area (Å²) in [6, 6.07) is 0. The van der Waals surface area contributed by atoms with Crippen LogP contribution in [0.25, 0.3) is 0 Å². The van der Waals surface area contributed by atoms with Crippen LogP contribution in [0.2, 0.25) is 0 Å². The summed E-state index contributed by atoms with van der Waals surface area (Å²) in [5.74, 6) is -1.30. The van der Waals surface area contributed by atoms with E-state index in [4.69, 9.17) is 18.9 Å². The molecule has 0 aliphatic carbocycles. The van der Waals surface area contributed by atoms with Crippen LogP contribution >= 0.6 is 0 Å². The Hall–Kier alpha value is -1.71. The highest BCUT2D eigenvalue weighted by Crippen LogP contribution is 2.27.